The van der Waals surface area contributed by atoms with Gasteiger partial charge in [-0.05, 0) is 11.1 Å². The molecule has 0 unspecified atom stereocenters. The summed E-state index contributed by atoms with van der Waals surface area (Å²) in [6, 6.07) is 38.8. The quantitative estimate of drug-likeness (QED) is 0.110. The van der Waals surface area contributed by atoms with Crippen LogP contribution in [-0.4, -0.2) is 11.6 Å². The standard InChI is InChI=1S/2C17H13O.2Pd/c2*18-17(13-11-15-7-3-1-4-8-15)14-12-16-9-5-2-6-10-16;;/h2*1-13H;;/q2*-1;;+2. The van der Waals surface area contributed by atoms with Crippen molar-refractivity contribution in [2.45, 2.75) is 0 Å². The predicted octanol–water partition coefficient (Wildman–Crippen LogP) is 7.57. The number of rotatable bonds is 8. The zero-order valence-corrected chi connectivity index (χ0v) is 23.6. The van der Waals surface area contributed by atoms with Crippen molar-refractivity contribution in [2.75, 3.05) is 0 Å². The molecule has 0 saturated heterocycles. The van der Waals surface area contributed by atoms with Crippen LogP contribution in [0.1, 0.15) is 22.3 Å². The average molecular weight is 679 g/mol. The second-order valence-electron chi connectivity index (χ2n) is 7.62. The van der Waals surface area contributed by atoms with E-state index in [1.54, 1.807) is 24.3 Å². The fourth-order valence-corrected chi connectivity index (χ4v) is 2.98. The number of hydrogen-bond donors (Lipinski definition) is 0. The average Bonchev–Trinajstić information content (AvgIpc) is 2.95. The molecule has 0 aromatic heterocycles. The van der Waals surface area contributed by atoms with E-state index in [0.717, 1.165) is 22.3 Å². The van der Waals surface area contributed by atoms with E-state index in [9.17, 15) is 9.59 Å². The minimum Gasteiger partial charge on any atom is -0.319 e. The Morgan fingerprint density at radius 2 is 0.711 bits per heavy atom. The molecule has 38 heavy (non-hydrogen) atoms. The van der Waals surface area contributed by atoms with E-state index in [4.69, 9.17) is 0 Å². The molecule has 2 nitrogen and oxygen atoms in total. The van der Waals surface area contributed by atoms with Gasteiger partial charge in [-0.1, -0.05) is 97.1 Å². The van der Waals surface area contributed by atoms with E-state index >= 15 is 0 Å². The molecule has 4 aromatic carbocycles. The van der Waals surface area contributed by atoms with Gasteiger partial charge >= 0.3 is 20.4 Å². The van der Waals surface area contributed by atoms with Crippen molar-refractivity contribution < 1.29 is 50.4 Å². The molecule has 0 N–H and O–H groups in total. The SMILES string of the molecule is O=C([C-]=Cc1ccccc1)C=Cc1ccccc1.O=C([C-]=Cc1ccccc1)C=Cc1ccccc1.[Pd+2].[Pd]. The molecule has 0 bridgehead atoms. The molecule has 4 heteroatoms. The van der Waals surface area contributed by atoms with Gasteiger partial charge in [0.05, 0.1) is 11.6 Å². The largest absolute Gasteiger partial charge is 2.00 e. The van der Waals surface area contributed by atoms with Crippen molar-refractivity contribution in [1.82, 2.24) is 0 Å². The van der Waals surface area contributed by atoms with Gasteiger partial charge in [0, 0.05) is 20.4 Å². The number of benzene rings is 4. The Morgan fingerprint density at radius 3 is 1.00 bits per heavy atom. The molecule has 4 rings (SSSR count). The van der Waals surface area contributed by atoms with Crippen LogP contribution in [0.25, 0.3) is 24.3 Å². The van der Waals surface area contributed by atoms with E-state index < -0.39 is 0 Å². The van der Waals surface area contributed by atoms with E-state index in [1.165, 1.54) is 12.2 Å². The molecule has 0 heterocycles. The topological polar surface area (TPSA) is 34.1 Å². The minimum absolute atomic E-state index is 0. The van der Waals surface area contributed by atoms with Crippen molar-refractivity contribution in [3.8, 4) is 0 Å². The third-order valence-electron chi connectivity index (χ3n) is 4.81. The van der Waals surface area contributed by atoms with Gasteiger partial charge in [0.15, 0.2) is 0 Å². The van der Waals surface area contributed by atoms with Crippen molar-refractivity contribution in [1.29, 1.82) is 0 Å². The summed E-state index contributed by atoms with van der Waals surface area (Å²) in [4.78, 5) is 23.1. The van der Waals surface area contributed by atoms with Crippen LogP contribution >= 0.6 is 0 Å². The molecule has 0 aliphatic rings. The van der Waals surface area contributed by atoms with Crippen LogP contribution in [0.15, 0.2) is 133 Å². The second kappa shape index (κ2) is 19.6. The van der Waals surface area contributed by atoms with Gasteiger partial charge < -0.3 is 9.59 Å². The van der Waals surface area contributed by atoms with Gasteiger partial charge in [-0.25, -0.2) is 0 Å². The minimum atomic E-state index is -0.136. The van der Waals surface area contributed by atoms with Crippen LogP contribution < -0.4 is 0 Å². The molecule has 0 spiro atoms. The summed E-state index contributed by atoms with van der Waals surface area (Å²) >= 11 is 0. The molecular formula is C34H26O2Pd2. The first-order chi connectivity index (χ1) is 17.7. The number of ketones is 2. The van der Waals surface area contributed by atoms with Gasteiger partial charge in [0.25, 0.3) is 0 Å². The maximum Gasteiger partial charge on any atom is 2.00 e. The fourth-order valence-electron chi connectivity index (χ4n) is 2.98. The molecule has 4 aromatic rings. The van der Waals surface area contributed by atoms with E-state index in [2.05, 4.69) is 12.2 Å². The normalized spacial score (nSPS) is 10.5. The van der Waals surface area contributed by atoms with Crippen molar-refractivity contribution in [3.63, 3.8) is 0 Å². The summed E-state index contributed by atoms with van der Waals surface area (Å²) in [6.07, 6.45) is 15.4. The number of carbonyl (C=O) groups excluding carboxylic acids is 2. The maximum atomic E-state index is 11.6. The van der Waals surface area contributed by atoms with Gasteiger partial charge in [-0.15, -0.1) is 71.8 Å². The summed E-state index contributed by atoms with van der Waals surface area (Å²) in [6.45, 7) is 0. The van der Waals surface area contributed by atoms with E-state index in [1.807, 2.05) is 121 Å². The van der Waals surface area contributed by atoms with Gasteiger partial charge in [-0.2, -0.15) is 12.2 Å². The smallest absolute Gasteiger partial charge is 0.319 e. The first-order valence-corrected chi connectivity index (χ1v) is 11.5. The summed E-state index contributed by atoms with van der Waals surface area (Å²) in [7, 11) is 0. The number of hydrogen-bond acceptors (Lipinski definition) is 2. The molecule has 194 valence electrons. The molecule has 0 radical (unpaired) electrons. The number of allylic oxidation sites excluding steroid dienone is 4. The Bertz CT molecular complexity index is 1120. The molecule has 0 atom stereocenters. The molecule has 0 aliphatic heterocycles. The van der Waals surface area contributed by atoms with Gasteiger partial charge in [-0.3, -0.25) is 0 Å². The van der Waals surface area contributed by atoms with Crippen LogP contribution in [0.3, 0.4) is 0 Å². The summed E-state index contributed by atoms with van der Waals surface area (Å²) in [5.74, 6) is -0.273. The zero-order chi connectivity index (χ0) is 25.3. The van der Waals surface area contributed by atoms with E-state index in [0.29, 0.717) is 0 Å². The maximum absolute atomic E-state index is 11.6. The summed E-state index contributed by atoms with van der Waals surface area (Å²) < 4.78 is 0. The number of carbonyl (C=O) groups is 2. The fraction of sp³-hybridized carbons (Fsp3) is 0. The first kappa shape index (κ1) is 32.5. The monoisotopic (exact) mass is 678 g/mol. The zero-order valence-electron chi connectivity index (χ0n) is 20.5. The van der Waals surface area contributed by atoms with Crippen molar-refractivity contribution in [3.05, 3.63) is 168 Å². The van der Waals surface area contributed by atoms with Crippen LogP contribution in [0.2, 0.25) is 0 Å². The summed E-state index contributed by atoms with van der Waals surface area (Å²) in [5.41, 5.74) is 3.96. The third kappa shape index (κ3) is 13.7. The molecular weight excluding hydrogens is 653 g/mol. The van der Waals surface area contributed by atoms with Crippen molar-refractivity contribution >= 4 is 35.9 Å². The van der Waals surface area contributed by atoms with Crippen LogP contribution in [0, 0.1) is 12.2 Å². The predicted molar refractivity (Wildman–Crippen MR) is 149 cm³/mol. The van der Waals surface area contributed by atoms with Gasteiger partial charge in [0.1, 0.15) is 0 Å². The molecule has 0 fully saturated rings. The Hall–Kier alpha value is -3.50. The Kier molecular flexibility index (Phi) is 16.8. The molecule has 0 amide bonds. The Morgan fingerprint density at radius 1 is 0.447 bits per heavy atom. The second-order valence-corrected chi connectivity index (χ2v) is 7.62. The molecule has 0 saturated carbocycles. The van der Waals surface area contributed by atoms with Crippen LogP contribution in [0.4, 0.5) is 0 Å². The Labute approximate surface area is 252 Å². The molecule has 0 aliphatic carbocycles. The van der Waals surface area contributed by atoms with Crippen LogP contribution in [0.5, 0.6) is 0 Å². The first-order valence-electron chi connectivity index (χ1n) is 11.5. The third-order valence-corrected chi connectivity index (χ3v) is 4.81. The summed E-state index contributed by atoms with van der Waals surface area (Å²) in [5, 5.41) is 0. The van der Waals surface area contributed by atoms with Crippen LogP contribution in [-0.2, 0) is 50.4 Å². The van der Waals surface area contributed by atoms with Gasteiger partial charge in [0.2, 0.25) is 0 Å². The van der Waals surface area contributed by atoms with Crippen molar-refractivity contribution in [2.24, 2.45) is 0 Å². The Balaban J connectivity index is 0.000000361. The van der Waals surface area contributed by atoms with E-state index in [-0.39, 0.29) is 52.4 Å².